The van der Waals surface area contributed by atoms with Gasteiger partial charge in [0.2, 0.25) is 10.0 Å². The summed E-state index contributed by atoms with van der Waals surface area (Å²) in [6.45, 7) is 13.5. The normalized spacial score (nSPS) is 25.2. The highest BCUT2D eigenvalue weighted by Gasteiger charge is 2.37. The van der Waals surface area contributed by atoms with Crippen molar-refractivity contribution < 1.29 is 13.2 Å². The molecule has 0 amide bonds. The Hall–Kier alpha value is -1.31. The second-order valence-corrected chi connectivity index (χ2v) is 12.2. The van der Waals surface area contributed by atoms with E-state index in [2.05, 4.69) is 48.3 Å². The molecule has 2 atom stereocenters. The Labute approximate surface area is 176 Å². The first-order chi connectivity index (χ1) is 13.6. The molecule has 3 rings (SSSR count). The lowest BCUT2D eigenvalue weighted by Crippen LogP contribution is -2.47. The predicted molar refractivity (Wildman–Crippen MR) is 120 cm³/mol. The van der Waals surface area contributed by atoms with Gasteiger partial charge in [0.05, 0.1) is 17.0 Å². The van der Waals surface area contributed by atoms with Gasteiger partial charge in [0.1, 0.15) is 0 Å². The van der Waals surface area contributed by atoms with Crippen LogP contribution in [0.1, 0.15) is 47.5 Å². The van der Waals surface area contributed by atoms with Crippen LogP contribution in [0.3, 0.4) is 0 Å². The van der Waals surface area contributed by atoms with Crippen LogP contribution < -0.4 is 10.2 Å². The number of rotatable bonds is 5. The lowest BCUT2D eigenvalue weighted by Gasteiger charge is -2.37. The van der Waals surface area contributed by atoms with Gasteiger partial charge in [-0.25, -0.2) is 12.7 Å². The van der Waals surface area contributed by atoms with Crippen LogP contribution in [0.5, 0.6) is 0 Å². The molecule has 29 heavy (non-hydrogen) atoms. The summed E-state index contributed by atoms with van der Waals surface area (Å²) in [5.41, 5.74) is 2.35. The maximum absolute atomic E-state index is 12.6. The van der Waals surface area contributed by atoms with Gasteiger partial charge in [-0.05, 0) is 77.6 Å². The molecule has 6 nitrogen and oxygen atoms in total. The van der Waals surface area contributed by atoms with E-state index in [0.29, 0.717) is 19.0 Å². The van der Waals surface area contributed by atoms with Crippen molar-refractivity contribution >= 4 is 21.4 Å². The number of piperidine rings is 1. The zero-order valence-corrected chi connectivity index (χ0v) is 19.3. The molecule has 2 unspecified atom stereocenters. The Morgan fingerprint density at radius 2 is 1.59 bits per heavy atom. The Morgan fingerprint density at radius 3 is 2.10 bits per heavy atom. The number of ether oxygens (including phenoxy) is 1. The standard InChI is InChI=1S/C22H37N3O3S/c1-17-15-24(16-18(2)28-17)21-8-6-20(7-9-21)23-14-19-10-12-25(13-11-19)29(26,27)22(3,4)5/h6-9,17-19,23H,10-16H2,1-5H3. The van der Waals surface area contributed by atoms with Crippen LogP contribution in [0.15, 0.2) is 24.3 Å². The van der Waals surface area contributed by atoms with Crippen LogP contribution in [0.2, 0.25) is 0 Å². The summed E-state index contributed by atoms with van der Waals surface area (Å²) < 4.78 is 32.0. The van der Waals surface area contributed by atoms with Crippen LogP contribution >= 0.6 is 0 Å². The minimum atomic E-state index is -3.21. The highest BCUT2D eigenvalue weighted by Crippen LogP contribution is 2.27. The van der Waals surface area contributed by atoms with E-state index in [0.717, 1.165) is 38.2 Å². The van der Waals surface area contributed by atoms with Crippen molar-refractivity contribution in [1.82, 2.24) is 4.31 Å². The van der Waals surface area contributed by atoms with Crippen molar-refractivity contribution in [2.24, 2.45) is 5.92 Å². The van der Waals surface area contributed by atoms with E-state index in [1.807, 2.05) is 0 Å². The monoisotopic (exact) mass is 423 g/mol. The summed E-state index contributed by atoms with van der Waals surface area (Å²) in [7, 11) is -3.21. The molecule has 164 valence electrons. The van der Waals surface area contributed by atoms with Gasteiger partial charge >= 0.3 is 0 Å². The summed E-state index contributed by atoms with van der Waals surface area (Å²) in [6, 6.07) is 8.62. The molecule has 2 aliphatic heterocycles. The van der Waals surface area contributed by atoms with Crippen molar-refractivity contribution in [3.8, 4) is 0 Å². The molecule has 1 N–H and O–H groups in total. The van der Waals surface area contributed by atoms with Crippen molar-refractivity contribution in [2.75, 3.05) is 42.9 Å². The van der Waals surface area contributed by atoms with Gasteiger partial charge in [-0.1, -0.05) is 0 Å². The van der Waals surface area contributed by atoms with Gasteiger partial charge < -0.3 is 15.0 Å². The maximum Gasteiger partial charge on any atom is 0.219 e. The fraction of sp³-hybridized carbons (Fsp3) is 0.727. The zero-order valence-electron chi connectivity index (χ0n) is 18.5. The van der Waals surface area contributed by atoms with Gasteiger partial charge in [0.15, 0.2) is 0 Å². The first kappa shape index (κ1) is 22.4. The molecular formula is C22H37N3O3S. The molecule has 2 aliphatic rings. The average molecular weight is 424 g/mol. The summed E-state index contributed by atoms with van der Waals surface area (Å²) in [5, 5.41) is 3.53. The summed E-state index contributed by atoms with van der Waals surface area (Å²) in [4.78, 5) is 2.38. The number of hydrogen-bond acceptors (Lipinski definition) is 5. The Morgan fingerprint density at radius 1 is 1.03 bits per heavy atom. The zero-order chi connectivity index (χ0) is 21.2. The third-order valence-corrected chi connectivity index (χ3v) is 8.53. The minimum Gasteiger partial charge on any atom is -0.385 e. The van der Waals surface area contributed by atoms with Crippen LogP contribution in [0, 0.1) is 5.92 Å². The SMILES string of the molecule is CC1CN(c2ccc(NCC3CCN(S(=O)(=O)C(C)(C)C)CC3)cc2)CC(C)O1. The van der Waals surface area contributed by atoms with Gasteiger partial charge in [-0.3, -0.25) is 0 Å². The number of nitrogens with one attached hydrogen (secondary N) is 1. The molecule has 0 spiro atoms. The quantitative estimate of drug-likeness (QED) is 0.785. The highest BCUT2D eigenvalue weighted by molar-refractivity contribution is 7.90. The van der Waals surface area contributed by atoms with Crippen LogP contribution in [-0.4, -0.2) is 62.4 Å². The van der Waals surface area contributed by atoms with E-state index >= 15 is 0 Å². The van der Waals surface area contributed by atoms with Gasteiger partial charge in [-0.15, -0.1) is 0 Å². The topological polar surface area (TPSA) is 61.9 Å². The van der Waals surface area contributed by atoms with E-state index in [1.165, 1.54) is 5.69 Å². The molecule has 1 aromatic carbocycles. The largest absolute Gasteiger partial charge is 0.385 e. The van der Waals surface area contributed by atoms with E-state index in [9.17, 15) is 8.42 Å². The van der Waals surface area contributed by atoms with Crippen LogP contribution in [-0.2, 0) is 14.8 Å². The Balaban J connectivity index is 1.48. The number of anilines is 2. The number of morpholine rings is 1. The highest BCUT2D eigenvalue weighted by atomic mass is 32.2. The van der Waals surface area contributed by atoms with Crippen molar-refractivity contribution in [2.45, 2.75) is 64.4 Å². The van der Waals surface area contributed by atoms with Crippen LogP contribution in [0.25, 0.3) is 0 Å². The number of benzene rings is 1. The second kappa shape index (κ2) is 8.82. The molecular weight excluding hydrogens is 386 g/mol. The average Bonchev–Trinajstić information content (AvgIpc) is 2.65. The molecule has 0 aromatic heterocycles. The van der Waals surface area contributed by atoms with E-state index in [-0.39, 0.29) is 12.2 Å². The van der Waals surface area contributed by atoms with Crippen molar-refractivity contribution in [3.05, 3.63) is 24.3 Å². The lowest BCUT2D eigenvalue weighted by atomic mass is 9.98. The second-order valence-electron chi connectivity index (χ2n) is 9.55. The molecule has 0 aliphatic carbocycles. The first-order valence-corrected chi connectivity index (χ1v) is 12.2. The molecule has 2 fully saturated rings. The number of sulfonamides is 1. The third-order valence-electron chi connectivity index (χ3n) is 5.93. The maximum atomic E-state index is 12.6. The molecule has 2 saturated heterocycles. The molecule has 7 heteroatoms. The summed E-state index contributed by atoms with van der Waals surface area (Å²) in [5.74, 6) is 0.502. The van der Waals surface area contributed by atoms with E-state index < -0.39 is 14.8 Å². The van der Waals surface area contributed by atoms with Crippen molar-refractivity contribution in [1.29, 1.82) is 0 Å². The van der Waals surface area contributed by atoms with Gasteiger partial charge in [0, 0.05) is 44.1 Å². The fourth-order valence-corrected chi connectivity index (χ4v) is 5.65. The first-order valence-electron chi connectivity index (χ1n) is 10.8. The van der Waals surface area contributed by atoms with Gasteiger partial charge in [-0.2, -0.15) is 0 Å². The van der Waals surface area contributed by atoms with E-state index in [4.69, 9.17) is 4.74 Å². The molecule has 2 heterocycles. The van der Waals surface area contributed by atoms with E-state index in [1.54, 1.807) is 25.1 Å². The summed E-state index contributed by atoms with van der Waals surface area (Å²) in [6.07, 6.45) is 2.32. The summed E-state index contributed by atoms with van der Waals surface area (Å²) >= 11 is 0. The molecule has 0 bridgehead atoms. The molecule has 1 aromatic rings. The number of hydrogen-bond donors (Lipinski definition) is 1. The Kier molecular flexibility index (Phi) is 6.81. The van der Waals surface area contributed by atoms with Gasteiger partial charge in [0.25, 0.3) is 0 Å². The predicted octanol–water partition coefficient (Wildman–Crippen LogP) is 3.55. The van der Waals surface area contributed by atoms with Crippen molar-refractivity contribution in [3.63, 3.8) is 0 Å². The molecule has 0 radical (unpaired) electrons. The molecule has 0 saturated carbocycles. The number of nitrogens with zero attached hydrogens (tertiary/aromatic N) is 2. The third kappa shape index (κ3) is 5.44. The smallest absolute Gasteiger partial charge is 0.219 e. The fourth-order valence-electron chi connectivity index (χ4n) is 4.18. The minimum absolute atomic E-state index is 0.254. The Bertz CT molecular complexity index is 755. The van der Waals surface area contributed by atoms with Crippen LogP contribution in [0.4, 0.5) is 11.4 Å². The lowest BCUT2D eigenvalue weighted by molar-refractivity contribution is -0.00521.